The zero-order valence-electron chi connectivity index (χ0n) is 3.19. The lowest BCUT2D eigenvalue weighted by molar-refractivity contribution is 0.286. The maximum Gasteiger partial charge on any atom is 0.137 e. The highest BCUT2D eigenvalue weighted by atomic mass is 32.1. The van der Waals surface area contributed by atoms with E-state index < -0.39 is 12.8 Å². The Bertz CT molecular complexity index is 28.0. The number of halogens is 2. The highest BCUT2D eigenvalue weighted by molar-refractivity contribution is 7.80. The molecule has 0 aromatic heterocycles. The third-order valence-electron chi connectivity index (χ3n) is 0.366. The van der Waals surface area contributed by atoms with E-state index in [0.29, 0.717) is 0 Å². The van der Waals surface area contributed by atoms with Crippen molar-refractivity contribution < 1.29 is 8.78 Å². The Morgan fingerprint density at radius 1 is 1.67 bits per heavy atom. The molecule has 0 aliphatic rings. The summed E-state index contributed by atoms with van der Waals surface area (Å²) in [5.41, 5.74) is 0. The van der Waals surface area contributed by atoms with Crippen molar-refractivity contribution >= 4 is 12.6 Å². The van der Waals surface area contributed by atoms with Gasteiger partial charge in [0.2, 0.25) is 0 Å². The fourth-order valence-corrected chi connectivity index (χ4v) is 0.146. The molecule has 0 nitrogen and oxygen atoms in total. The van der Waals surface area contributed by atoms with Gasteiger partial charge < -0.3 is 0 Å². The quantitative estimate of drug-likeness (QED) is 0.510. The van der Waals surface area contributed by atoms with E-state index in [9.17, 15) is 8.78 Å². The maximum absolute atomic E-state index is 11.4. The van der Waals surface area contributed by atoms with Crippen LogP contribution in [0.25, 0.3) is 0 Å². The molecule has 38 valence electrons. The van der Waals surface area contributed by atoms with Crippen LogP contribution in [0.5, 0.6) is 0 Å². The van der Waals surface area contributed by atoms with Gasteiger partial charge in [0.1, 0.15) is 12.8 Å². The molecule has 0 rings (SSSR count). The van der Waals surface area contributed by atoms with Crippen molar-refractivity contribution in [3.63, 3.8) is 0 Å². The van der Waals surface area contributed by atoms with E-state index >= 15 is 0 Å². The molecule has 0 aliphatic carbocycles. The smallest absolute Gasteiger partial charge is 0.137 e. The monoisotopic (exact) mass is 112 g/mol. The van der Waals surface area contributed by atoms with Crippen molar-refractivity contribution in [1.82, 2.24) is 0 Å². The molecule has 0 radical (unpaired) electrons. The van der Waals surface area contributed by atoms with Crippen LogP contribution >= 0.6 is 12.6 Å². The van der Waals surface area contributed by atoms with Crippen molar-refractivity contribution in [3.8, 4) is 0 Å². The van der Waals surface area contributed by atoms with Gasteiger partial charge in [-0.15, -0.1) is 0 Å². The first-order valence-corrected chi connectivity index (χ1v) is 2.25. The highest BCUT2D eigenvalue weighted by Gasteiger charge is 1.98. The molecule has 0 spiro atoms. The van der Waals surface area contributed by atoms with Crippen molar-refractivity contribution in [2.24, 2.45) is 0 Å². The van der Waals surface area contributed by atoms with Crippen LogP contribution in [0.2, 0.25) is 0 Å². The van der Waals surface area contributed by atoms with E-state index in [-0.39, 0.29) is 5.75 Å². The Labute approximate surface area is 41.0 Å². The fraction of sp³-hybridized carbons (Fsp3) is 1.00. The molecule has 0 aromatic rings. The van der Waals surface area contributed by atoms with Gasteiger partial charge in [0.05, 0.1) is 0 Å². The fourth-order valence-electron chi connectivity index (χ4n) is 0.0488. The highest BCUT2D eigenvalue weighted by Crippen LogP contribution is 1.91. The third kappa shape index (κ3) is 2.45. The number of hydrogen-bond acceptors (Lipinski definition) is 1. The van der Waals surface area contributed by atoms with Crippen molar-refractivity contribution in [2.75, 3.05) is 12.4 Å². The van der Waals surface area contributed by atoms with Crippen LogP contribution < -0.4 is 0 Å². The standard InChI is InChI=1S/C3H6F2S/c4-1-3(5)2-6/h3,6H,1-2H2. The van der Waals surface area contributed by atoms with Gasteiger partial charge in [0.25, 0.3) is 0 Å². The summed E-state index contributed by atoms with van der Waals surface area (Å²) in [7, 11) is 0. The molecule has 0 aliphatic heterocycles. The zero-order chi connectivity index (χ0) is 4.99. The van der Waals surface area contributed by atoms with Gasteiger partial charge in [0.15, 0.2) is 0 Å². The van der Waals surface area contributed by atoms with E-state index in [2.05, 4.69) is 12.6 Å². The van der Waals surface area contributed by atoms with Crippen LogP contribution in [0.15, 0.2) is 0 Å². The van der Waals surface area contributed by atoms with Gasteiger partial charge in [-0.25, -0.2) is 8.78 Å². The van der Waals surface area contributed by atoms with Crippen LogP contribution in [0.4, 0.5) is 8.78 Å². The normalized spacial score (nSPS) is 14.5. The molecule has 0 saturated carbocycles. The molecular weight excluding hydrogens is 106 g/mol. The van der Waals surface area contributed by atoms with Crippen LogP contribution in [-0.4, -0.2) is 18.6 Å². The summed E-state index contributed by atoms with van der Waals surface area (Å²) in [5.74, 6) is -0.0174. The van der Waals surface area contributed by atoms with Gasteiger partial charge in [-0.1, -0.05) is 0 Å². The third-order valence-corrected chi connectivity index (χ3v) is 0.762. The Kier molecular flexibility index (Phi) is 3.52. The first kappa shape index (κ1) is 6.21. The Hall–Kier alpha value is 0.210. The SMILES string of the molecule is FCC(F)CS. The molecule has 0 saturated heterocycles. The first-order valence-electron chi connectivity index (χ1n) is 1.62. The molecule has 1 unspecified atom stereocenters. The van der Waals surface area contributed by atoms with Crippen molar-refractivity contribution in [3.05, 3.63) is 0 Å². The second-order valence-corrected chi connectivity index (χ2v) is 1.30. The predicted octanol–water partition coefficient (Wildman–Crippen LogP) is 1.22. The van der Waals surface area contributed by atoms with E-state index in [1.54, 1.807) is 0 Å². The molecule has 0 N–H and O–H groups in total. The van der Waals surface area contributed by atoms with Crippen LogP contribution in [0.1, 0.15) is 0 Å². The topological polar surface area (TPSA) is 0 Å². The Morgan fingerprint density at radius 3 is 2.17 bits per heavy atom. The van der Waals surface area contributed by atoms with E-state index in [1.165, 1.54) is 0 Å². The number of rotatable bonds is 2. The average molecular weight is 112 g/mol. The molecule has 0 aromatic carbocycles. The lowest BCUT2D eigenvalue weighted by atomic mass is 10.5. The minimum Gasteiger partial charge on any atom is -0.248 e. The largest absolute Gasteiger partial charge is 0.248 e. The predicted molar refractivity (Wildman–Crippen MR) is 24.7 cm³/mol. The number of hydrogen-bond donors (Lipinski definition) is 1. The number of thiol groups is 1. The summed E-state index contributed by atoms with van der Waals surface area (Å²) >= 11 is 3.48. The summed E-state index contributed by atoms with van der Waals surface area (Å²) in [6.45, 7) is -0.913. The summed E-state index contributed by atoms with van der Waals surface area (Å²) in [6.07, 6.45) is -1.37. The molecule has 3 heteroatoms. The molecule has 0 amide bonds. The van der Waals surface area contributed by atoms with E-state index in [0.717, 1.165) is 0 Å². The van der Waals surface area contributed by atoms with Gasteiger partial charge in [-0.05, 0) is 0 Å². The molecule has 0 fully saturated rings. The molecule has 0 bridgehead atoms. The lowest BCUT2D eigenvalue weighted by Crippen LogP contribution is -2.02. The Morgan fingerprint density at radius 2 is 2.17 bits per heavy atom. The van der Waals surface area contributed by atoms with Crippen molar-refractivity contribution in [2.45, 2.75) is 6.17 Å². The first-order chi connectivity index (χ1) is 2.81. The summed E-state index contributed by atoms with van der Waals surface area (Å²) in [6, 6.07) is 0. The zero-order valence-corrected chi connectivity index (χ0v) is 4.09. The maximum atomic E-state index is 11.4. The van der Waals surface area contributed by atoms with Crippen molar-refractivity contribution in [1.29, 1.82) is 0 Å². The van der Waals surface area contributed by atoms with Gasteiger partial charge in [-0.2, -0.15) is 12.6 Å². The second kappa shape index (κ2) is 3.40. The Balaban J connectivity index is 2.75. The van der Waals surface area contributed by atoms with Crippen LogP contribution in [-0.2, 0) is 0 Å². The molecule has 0 heterocycles. The minimum atomic E-state index is -1.37. The second-order valence-electron chi connectivity index (χ2n) is 0.934. The van der Waals surface area contributed by atoms with E-state index in [4.69, 9.17) is 0 Å². The summed E-state index contributed by atoms with van der Waals surface area (Å²) < 4.78 is 22.4. The van der Waals surface area contributed by atoms with Crippen LogP contribution in [0, 0.1) is 0 Å². The number of alkyl halides is 2. The van der Waals surface area contributed by atoms with Crippen LogP contribution in [0.3, 0.4) is 0 Å². The molecule has 6 heavy (non-hydrogen) atoms. The molecule has 1 atom stereocenters. The van der Waals surface area contributed by atoms with E-state index in [1.807, 2.05) is 0 Å². The summed E-state index contributed by atoms with van der Waals surface area (Å²) in [4.78, 5) is 0. The average Bonchev–Trinajstić information content (AvgIpc) is 1.65. The summed E-state index contributed by atoms with van der Waals surface area (Å²) in [5, 5.41) is 0. The van der Waals surface area contributed by atoms with Gasteiger partial charge in [-0.3, -0.25) is 0 Å². The molecular formula is C3H6F2S. The van der Waals surface area contributed by atoms with Gasteiger partial charge >= 0.3 is 0 Å². The minimum absolute atomic E-state index is 0.0174. The lowest BCUT2D eigenvalue weighted by Gasteiger charge is -1.91. The van der Waals surface area contributed by atoms with Gasteiger partial charge in [0, 0.05) is 5.75 Å².